The Labute approximate surface area is 126 Å². The molecule has 2 atom stereocenters. The Bertz CT molecular complexity index is 454. The number of hydrogen-bond donors (Lipinski definition) is 0. The molecule has 1 aromatic carbocycles. The van der Waals surface area contributed by atoms with Gasteiger partial charge in [0.05, 0.1) is 18.6 Å². The summed E-state index contributed by atoms with van der Waals surface area (Å²) in [7, 11) is 0. The van der Waals surface area contributed by atoms with Crippen molar-refractivity contribution in [1.82, 2.24) is 0 Å². The van der Waals surface area contributed by atoms with Crippen molar-refractivity contribution in [2.45, 2.75) is 44.4 Å². The van der Waals surface area contributed by atoms with Crippen LogP contribution in [0.1, 0.15) is 50.0 Å². The van der Waals surface area contributed by atoms with E-state index in [9.17, 15) is 0 Å². The fourth-order valence-corrected chi connectivity index (χ4v) is 3.53. The van der Waals surface area contributed by atoms with E-state index in [0.717, 1.165) is 18.1 Å². The van der Waals surface area contributed by atoms with Crippen LogP contribution in [-0.2, 0) is 0 Å². The van der Waals surface area contributed by atoms with E-state index in [0.29, 0.717) is 18.4 Å². The zero-order valence-corrected chi connectivity index (χ0v) is 12.9. The maximum absolute atomic E-state index is 6.70. The Balaban J connectivity index is 1.77. The monoisotopic (exact) mass is 294 g/mol. The van der Waals surface area contributed by atoms with Crippen molar-refractivity contribution in [2.75, 3.05) is 13.2 Å². The van der Waals surface area contributed by atoms with E-state index in [1.54, 1.807) is 0 Å². The van der Waals surface area contributed by atoms with Gasteiger partial charge in [0.15, 0.2) is 11.5 Å². The number of fused-ring (bicyclic) bond motifs is 1. The minimum Gasteiger partial charge on any atom is -0.489 e. The van der Waals surface area contributed by atoms with Crippen LogP contribution in [0.5, 0.6) is 11.5 Å². The highest BCUT2D eigenvalue weighted by Crippen LogP contribution is 2.41. The lowest BCUT2D eigenvalue weighted by Gasteiger charge is -2.26. The van der Waals surface area contributed by atoms with E-state index in [1.165, 1.54) is 37.7 Å². The fraction of sp³-hybridized carbons (Fsp3) is 0.647. The van der Waals surface area contributed by atoms with Gasteiger partial charge in [0.25, 0.3) is 0 Å². The molecule has 1 aromatic rings. The Kier molecular flexibility index (Phi) is 4.40. The van der Waals surface area contributed by atoms with E-state index >= 15 is 0 Å². The number of ether oxygens (including phenoxy) is 2. The van der Waals surface area contributed by atoms with Crippen LogP contribution in [0.4, 0.5) is 0 Å². The SMILES string of the molecule is CC1COc2ccc(C(Cl)C3CCCCC3)cc2OC1. The summed E-state index contributed by atoms with van der Waals surface area (Å²) in [5.74, 6) is 2.74. The second-order valence-electron chi connectivity index (χ2n) is 6.23. The predicted molar refractivity (Wildman–Crippen MR) is 81.8 cm³/mol. The zero-order valence-electron chi connectivity index (χ0n) is 12.1. The van der Waals surface area contributed by atoms with Gasteiger partial charge in [-0.3, -0.25) is 0 Å². The second-order valence-corrected chi connectivity index (χ2v) is 6.70. The predicted octanol–water partition coefficient (Wildman–Crippen LogP) is 4.95. The van der Waals surface area contributed by atoms with E-state index in [1.807, 2.05) is 6.07 Å². The third-order valence-corrected chi connectivity index (χ3v) is 5.00. The number of halogens is 1. The standard InChI is InChI=1S/C17H23ClO2/c1-12-10-19-15-8-7-14(9-16(15)20-11-12)17(18)13-5-3-2-4-6-13/h7-9,12-13,17H,2-6,10-11H2,1H3. The Morgan fingerprint density at radius 2 is 1.75 bits per heavy atom. The molecule has 0 bridgehead atoms. The van der Waals surface area contributed by atoms with Crippen molar-refractivity contribution >= 4 is 11.6 Å². The van der Waals surface area contributed by atoms with Gasteiger partial charge in [-0.15, -0.1) is 11.6 Å². The van der Waals surface area contributed by atoms with Crippen molar-refractivity contribution in [2.24, 2.45) is 11.8 Å². The van der Waals surface area contributed by atoms with Crippen molar-refractivity contribution in [1.29, 1.82) is 0 Å². The Morgan fingerprint density at radius 1 is 1.05 bits per heavy atom. The van der Waals surface area contributed by atoms with Gasteiger partial charge in [0.1, 0.15) is 0 Å². The van der Waals surface area contributed by atoms with E-state index in [-0.39, 0.29) is 5.38 Å². The number of hydrogen-bond acceptors (Lipinski definition) is 2. The highest BCUT2D eigenvalue weighted by atomic mass is 35.5. The second kappa shape index (κ2) is 6.26. The van der Waals surface area contributed by atoms with Crippen molar-refractivity contribution in [3.05, 3.63) is 23.8 Å². The summed E-state index contributed by atoms with van der Waals surface area (Å²) < 4.78 is 11.6. The molecule has 20 heavy (non-hydrogen) atoms. The molecule has 110 valence electrons. The highest BCUT2D eigenvalue weighted by molar-refractivity contribution is 6.21. The molecule has 0 amide bonds. The van der Waals surface area contributed by atoms with Crippen LogP contribution in [0.3, 0.4) is 0 Å². The van der Waals surface area contributed by atoms with Gasteiger partial charge >= 0.3 is 0 Å². The Hall–Kier alpha value is -0.890. The first kappa shape index (κ1) is 14.1. The molecule has 1 aliphatic heterocycles. The molecular formula is C17H23ClO2. The maximum atomic E-state index is 6.70. The molecule has 0 aromatic heterocycles. The molecule has 1 fully saturated rings. The van der Waals surface area contributed by atoms with Gasteiger partial charge < -0.3 is 9.47 Å². The van der Waals surface area contributed by atoms with Crippen LogP contribution in [0, 0.1) is 11.8 Å². The minimum absolute atomic E-state index is 0.102. The highest BCUT2D eigenvalue weighted by Gasteiger charge is 2.25. The molecule has 0 radical (unpaired) electrons. The lowest BCUT2D eigenvalue weighted by molar-refractivity contribution is 0.228. The molecule has 2 aliphatic rings. The van der Waals surface area contributed by atoms with Gasteiger partial charge in [-0.25, -0.2) is 0 Å². The largest absolute Gasteiger partial charge is 0.489 e. The normalized spacial score (nSPS) is 25.0. The number of benzene rings is 1. The third kappa shape index (κ3) is 3.06. The number of rotatable bonds is 2. The van der Waals surface area contributed by atoms with Crippen LogP contribution in [0.25, 0.3) is 0 Å². The van der Waals surface area contributed by atoms with Crippen LogP contribution in [-0.4, -0.2) is 13.2 Å². The fourth-order valence-electron chi connectivity index (χ4n) is 3.14. The van der Waals surface area contributed by atoms with Crippen molar-refractivity contribution in [3.63, 3.8) is 0 Å². The first-order chi connectivity index (χ1) is 9.74. The van der Waals surface area contributed by atoms with E-state index in [2.05, 4.69) is 19.1 Å². The van der Waals surface area contributed by atoms with Crippen molar-refractivity contribution in [3.8, 4) is 11.5 Å². The topological polar surface area (TPSA) is 18.5 Å². The summed E-state index contributed by atoms with van der Waals surface area (Å²) in [6, 6.07) is 6.20. The summed E-state index contributed by atoms with van der Waals surface area (Å²) in [6.45, 7) is 3.57. The zero-order chi connectivity index (χ0) is 13.9. The average Bonchev–Trinajstić information content (AvgIpc) is 2.69. The van der Waals surface area contributed by atoms with E-state index in [4.69, 9.17) is 21.1 Å². The van der Waals surface area contributed by atoms with Gasteiger partial charge in [-0.05, 0) is 36.5 Å². The molecule has 3 heteroatoms. The average molecular weight is 295 g/mol. The van der Waals surface area contributed by atoms with Crippen LogP contribution >= 0.6 is 11.6 Å². The molecule has 2 nitrogen and oxygen atoms in total. The molecule has 3 rings (SSSR count). The molecule has 1 saturated carbocycles. The first-order valence-corrected chi connectivity index (χ1v) is 8.21. The molecule has 0 spiro atoms. The molecule has 2 unspecified atom stereocenters. The third-order valence-electron chi connectivity index (χ3n) is 4.40. The molecular weight excluding hydrogens is 272 g/mol. The van der Waals surface area contributed by atoms with Crippen LogP contribution in [0.2, 0.25) is 0 Å². The summed E-state index contributed by atoms with van der Waals surface area (Å²) in [5, 5.41) is 0.102. The van der Waals surface area contributed by atoms with Gasteiger partial charge in [-0.1, -0.05) is 32.3 Å². The smallest absolute Gasteiger partial charge is 0.161 e. The van der Waals surface area contributed by atoms with Crippen LogP contribution < -0.4 is 9.47 Å². The van der Waals surface area contributed by atoms with Gasteiger partial charge in [-0.2, -0.15) is 0 Å². The lowest BCUT2D eigenvalue weighted by atomic mass is 9.84. The summed E-state index contributed by atoms with van der Waals surface area (Å²) in [4.78, 5) is 0. The van der Waals surface area contributed by atoms with Gasteiger partial charge in [0.2, 0.25) is 0 Å². The molecule has 1 aliphatic carbocycles. The van der Waals surface area contributed by atoms with E-state index < -0.39 is 0 Å². The number of alkyl halides is 1. The summed E-state index contributed by atoms with van der Waals surface area (Å²) >= 11 is 6.70. The quantitative estimate of drug-likeness (QED) is 0.718. The first-order valence-electron chi connectivity index (χ1n) is 7.77. The Morgan fingerprint density at radius 3 is 2.50 bits per heavy atom. The molecule has 0 N–H and O–H groups in total. The van der Waals surface area contributed by atoms with Crippen LogP contribution in [0.15, 0.2) is 18.2 Å². The summed E-state index contributed by atoms with van der Waals surface area (Å²) in [6.07, 6.45) is 6.49. The maximum Gasteiger partial charge on any atom is 0.161 e. The van der Waals surface area contributed by atoms with Crippen molar-refractivity contribution < 1.29 is 9.47 Å². The molecule has 0 saturated heterocycles. The van der Waals surface area contributed by atoms with Gasteiger partial charge in [0, 0.05) is 5.92 Å². The summed E-state index contributed by atoms with van der Waals surface area (Å²) in [5.41, 5.74) is 1.18. The lowest BCUT2D eigenvalue weighted by Crippen LogP contribution is -2.12. The minimum atomic E-state index is 0.102. The molecule has 1 heterocycles.